The highest BCUT2D eigenvalue weighted by Crippen LogP contribution is 2.31. The molecule has 1 aliphatic rings. The molecule has 0 fully saturated rings. The van der Waals surface area contributed by atoms with E-state index in [0.29, 0.717) is 12.0 Å². The molecule has 1 aliphatic heterocycles. The molecule has 3 rings (SSSR count). The molecule has 2 aromatic rings. The molecule has 1 atom stereocenters. The van der Waals surface area contributed by atoms with E-state index in [1.165, 1.54) is 21.9 Å². The van der Waals surface area contributed by atoms with E-state index in [1.807, 2.05) is 13.0 Å². The van der Waals surface area contributed by atoms with Gasteiger partial charge >= 0.3 is 12.3 Å². The largest absolute Gasteiger partial charge is 0.488 e. The van der Waals surface area contributed by atoms with E-state index in [-0.39, 0.29) is 36.6 Å². The quantitative estimate of drug-likeness (QED) is 0.407. The number of carbonyl (C=O) groups is 2. The summed E-state index contributed by atoms with van der Waals surface area (Å²) < 4.78 is 54.2. The lowest BCUT2D eigenvalue weighted by atomic mass is 9.97. The number of nitrogens with zero attached hydrogens (tertiary/aromatic N) is 2. The van der Waals surface area contributed by atoms with Gasteiger partial charge in [-0.15, -0.1) is 0 Å². The van der Waals surface area contributed by atoms with Crippen molar-refractivity contribution in [2.75, 3.05) is 45.7 Å². The van der Waals surface area contributed by atoms with Crippen LogP contribution in [0, 0.1) is 0 Å². The van der Waals surface area contributed by atoms with Crippen LogP contribution in [0.15, 0.2) is 36.4 Å². The lowest BCUT2D eigenvalue weighted by Crippen LogP contribution is -2.45. The number of fused-ring (bicyclic) bond motifs is 1. The van der Waals surface area contributed by atoms with Crippen molar-refractivity contribution in [1.82, 2.24) is 9.80 Å². The minimum Gasteiger partial charge on any atom is -0.488 e. The average molecular weight is 566 g/mol. The Kier molecular flexibility index (Phi) is 9.81. The van der Waals surface area contributed by atoms with E-state index in [9.17, 15) is 22.8 Å². The summed E-state index contributed by atoms with van der Waals surface area (Å²) >= 11 is 0. The Morgan fingerprint density at radius 3 is 2.30 bits per heavy atom. The minimum atomic E-state index is -4.49. The van der Waals surface area contributed by atoms with Crippen LogP contribution in [0.1, 0.15) is 49.2 Å². The van der Waals surface area contributed by atoms with E-state index in [0.717, 1.165) is 29.8 Å². The second-order valence-corrected chi connectivity index (χ2v) is 11.0. The Hall–Kier alpha value is -3.63. The van der Waals surface area contributed by atoms with Crippen LogP contribution >= 0.6 is 0 Å². The first-order valence-electron chi connectivity index (χ1n) is 13.2. The fourth-order valence-corrected chi connectivity index (χ4v) is 4.39. The van der Waals surface area contributed by atoms with Gasteiger partial charge in [-0.3, -0.25) is 4.79 Å². The molecule has 0 aliphatic carbocycles. The molecule has 2 amide bonds. The van der Waals surface area contributed by atoms with E-state index < -0.39 is 24.5 Å². The molecule has 40 heavy (non-hydrogen) atoms. The number of para-hydroxylation sites is 2. The van der Waals surface area contributed by atoms with Crippen molar-refractivity contribution >= 4 is 17.7 Å². The zero-order valence-electron chi connectivity index (χ0n) is 23.9. The lowest BCUT2D eigenvalue weighted by Gasteiger charge is -2.32. The van der Waals surface area contributed by atoms with Gasteiger partial charge in [0.15, 0.2) is 18.1 Å². The molecule has 0 spiro atoms. The first-order chi connectivity index (χ1) is 18.6. The van der Waals surface area contributed by atoms with Gasteiger partial charge in [0, 0.05) is 26.7 Å². The van der Waals surface area contributed by atoms with Crippen LogP contribution in [-0.2, 0) is 17.6 Å². The molecule has 1 heterocycles. The maximum Gasteiger partial charge on any atom is 0.422 e. The SMILES string of the molecule is C[C@H](Cc1cc2c(c(C(=O)N(C)C)c1)NCC2)N(CCOc1ccccc1OCC(F)(F)F)C(=O)OC(C)(C)C. The molecule has 0 aromatic heterocycles. The maximum absolute atomic E-state index is 13.2. The summed E-state index contributed by atoms with van der Waals surface area (Å²) in [4.78, 5) is 29.1. The lowest BCUT2D eigenvalue weighted by molar-refractivity contribution is -0.153. The van der Waals surface area contributed by atoms with E-state index in [1.54, 1.807) is 47.0 Å². The molecule has 8 nitrogen and oxygen atoms in total. The van der Waals surface area contributed by atoms with Crippen molar-refractivity contribution in [2.45, 2.75) is 58.4 Å². The summed E-state index contributed by atoms with van der Waals surface area (Å²) in [5.41, 5.74) is 2.65. The Bertz CT molecular complexity index is 1190. The second kappa shape index (κ2) is 12.7. The number of ether oxygens (including phenoxy) is 3. The predicted octanol–water partition coefficient (Wildman–Crippen LogP) is 5.54. The van der Waals surface area contributed by atoms with Crippen LogP contribution < -0.4 is 14.8 Å². The molecule has 0 saturated carbocycles. The fourth-order valence-electron chi connectivity index (χ4n) is 4.39. The minimum absolute atomic E-state index is 0.00551. The number of rotatable bonds is 10. The topological polar surface area (TPSA) is 80.3 Å². The molecule has 2 aromatic carbocycles. The van der Waals surface area contributed by atoms with Gasteiger partial charge in [0.25, 0.3) is 5.91 Å². The highest BCUT2D eigenvalue weighted by atomic mass is 19.4. The van der Waals surface area contributed by atoms with Crippen molar-refractivity contribution in [1.29, 1.82) is 0 Å². The third kappa shape index (κ3) is 8.69. The van der Waals surface area contributed by atoms with Gasteiger partial charge in [-0.2, -0.15) is 13.2 Å². The van der Waals surface area contributed by atoms with Crippen LogP contribution in [0.4, 0.5) is 23.7 Å². The standard InChI is InChI=1S/C29H38F3N3O5/c1-19(15-20-16-21-11-12-33-25(21)22(17-20)26(36)34(5)6)35(27(37)40-28(2,3)4)13-14-38-23-9-7-8-10-24(23)39-18-29(30,31)32/h7-10,16-17,19,33H,11-15,18H2,1-6H3/t19-/m1/s1. The molecule has 11 heteroatoms. The number of nitrogens with one attached hydrogen (secondary N) is 1. The molecule has 0 radical (unpaired) electrons. The number of anilines is 1. The predicted molar refractivity (Wildman–Crippen MR) is 146 cm³/mol. The second-order valence-electron chi connectivity index (χ2n) is 11.0. The van der Waals surface area contributed by atoms with Crippen LogP contribution in [-0.4, -0.2) is 80.0 Å². The first-order valence-corrected chi connectivity index (χ1v) is 13.2. The van der Waals surface area contributed by atoms with Crippen molar-refractivity contribution in [3.63, 3.8) is 0 Å². The summed E-state index contributed by atoms with van der Waals surface area (Å²) in [6, 6.07) is 9.64. The Morgan fingerprint density at radius 1 is 1.05 bits per heavy atom. The molecule has 0 bridgehead atoms. The number of hydrogen-bond acceptors (Lipinski definition) is 6. The van der Waals surface area contributed by atoms with E-state index in [4.69, 9.17) is 14.2 Å². The normalized spacial score (nSPS) is 13.6. The molecular weight excluding hydrogens is 527 g/mol. The smallest absolute Gasteiger partial charge is 0.422 e. The third-order valence-corrected chi connectivity index (χ3v) is 6.13. The Labute approximate surface area is 233 Å². The van der Waals surface area contributed by atoms with Crippen LogP contribution in [0.25, 0.3) is 0 Å². The fraction of sp³-hybridized carbons (Fsp3) is 0.517. The van der Waals surface area contributed by atoms with Gasteiger partial charge in [-0.05, 0) is 69.9 Å². The van der Waals surface area contributed by atoms with E-state index >= 15 is 0 Å². The van der Waals surface area contributed by atoms with Crippen LogP contribution in [0.5, 0.6) is 11.5 Å². The Balaban J connectivity index is 1.77. The number of benzene rings is 2. The summed E-state index contributed by atoms with van der Waals surface area (Å²) in [7, 11) is 3.41. The zero-order chi connectivity index (χ0) is 29.7. The molecule has 0 unspecified atom stereocenters. The summed E-state index contributed by atoms with van der Waals surface area (Å²) in [5.74, 6) is -0.00741. The van der Waals surface area contributed by atoms with Crippen molar-refractivity contribution in [3.05, 3.63) is 53.1 Å². The average Bonchev–Trinajstić information content (AvgIpc) is 3.32. The highest BCUT2D eigenvalue weighted by molar-refractivity contribution is 6.00. The van der Waals surface area contributed by atoms with Gasteiger partial charge in [0.05, 0.1) is 17.8 Å². The van der Waals surface area contributed by atoms with E-state index in [2.05, 4.69) is 11.4 Å². The third-order valence-electron chi connectivity index (χ3n) is 6.13. The van der Waals surface area contributed by atoms with Crippen molar-refractivity contribution < 1.29 is 37.0 Å². The van der Waals surface area contributed by atoms with Gasteiger partial charge < -0.3 is 29.3 Å². The van der Waals surface area contributed by atoms with Crippen molar-refractivity contribution in [2.24, 2.45) is 0 Å². The van der Waals surface area contributed by atoms with Gasteiger partial charge in [0.2, 0.25) is 0 Å². The number of carbonyl (C=O) groups excluding carboxylic acids is 2. The number of hydrogen-bond donors (Lipinski definition) is 1. The van der Waals surface area contributed by atoms with Crippen LogP contribution in [0.3, 0.4) is 0 Å². The summed E-state index contributed by atoms with van der Waals surface area (Å²) in [5, 5.41) is 3.30. The maximum atomic E-state index is 13.2. The molecule has 0 saturated heterocycles. The summed E-state index contributed by atoms with van der Waals surface area (Å²) in [6.45, 7) is 6.60. The monoisotopic (exact) mass is 565 g/mol. The van der Waals surface area contributed by atoms with Gasteiger partial charge in [-0.25, -0.2) is 4.79 Å². The number of amides is 2. The number of halogens is 3. The first kappa shape index (κ1) is 30.9. The van der Waals surface area contributed by atoms with Gasteiger partial charge in [0.1, 0.15) is 12.2 Å². The zero-order valence-corrected chi connectivity index (χ0v) is 23.9. The Morgan fingerprint density at radius 2 is 1.70 bits per heavy atom. The summed E-state index contributed by atoms with van der Waals surface area (Å²) in [6.07, 6.45) is -3.78. The van der Waals surface area contributed by atoms with Crippen molar-refractivity contribution in [3.8, 4) is 11.5 Å². The molecule has 1 N–H and O–H groups in total. The molecular formula is C29H38F3N3O5. The molecule has 220 valence electrons. The highest BCUT2D eigenvalue weighted by Gasteiger charge is 2.30. The van der Waals surface area contributed by atoms with Gasteiger partial charge in [-0.1, -0.05) is 18.2 Å². The van der Waals surface area contributed by atoms with Crippen LogP contribution in [0.2, 0.25) is 0 Å². The number of alkyl halides is 3.